The Balaban J connectivity index is 1.97. The lowest BCUT2D eigenvalue weighted by atomic mass is 10.2. The Labute approximate surface area is 99.1 Å². The van der Waals surface area contributed by atoms with Gasteiger partial charge in [0.15, 0.2) is 0 Å². The van der Waals surface area contributed by atoms with Gasteiger partial charge < -0.3 is 10.2 Å². The molecule has 0 aliphatic carbocycles. The van der Waals surface area contributed by atoms with E-state index in [2.05, 4.69) is 10.3 Å². The first-order chi connectivity index (χ1) is 8.36. The van der Waals surface area contributed by atoms with Gasteiger partial charge in [-0.3, -0.25) is 9.20 Å². The van der Waals surface area contributed by atoms with E-state index in [1.165, 1.54) is 0 Å². The smallest absolute Gasteiger partial charge is 0.270 e. The Morgan fingerprint density at radius 1 is 1.29 bits per heavy atom. The summed E-state index contributed by atoms with van der Waals surface area (Å²) in [5.41, 5.74) is 1.49. The number of rotatable bonds is 1. The molecule has 1 aliphatic rings. The SMILES string of the molecule is O=C(c1cccc2nccn12)N1CCNCC1. The van der Waals surface area contributed by atoms with Crippen LogP contribution in [0.5, 0.6) is 0 Å². The quantitative estimate of drug-likeness (QED) is 0.770. The van der Waals surface area contributed by atoms with Crippen molar-refractivity contribution >= 4 is 11.6 Å². The van der Waals surface area contributed by atoms with Crippen LogP contribution in [0.15, 0.2) is 30.6 Å². The third kappa shape index (κ3) is 1.78. The molecule has 17 heavy (non-hydrogen) atoms. The number of amides is 1. The van der Waals surface area contributed by atoms with Crippen LogP contribution in [0.25, 0.3) is 5.65 Å². The number of nitrogens with zero attached hydrogens (tertiary/aromatic N) is 3. The predicted octanol–water partition coefficient (Wildman–Crippen LogP) is 0.380. The summed E-state index contributed by atoms with van der Waals surface area (Å²) in [7, 11) is 0. The van der Waals surface area contributed by atoms with Crippen molar-refractivity contribution in [3.8, 4) is 0 Å². The van der Waals surface area contributed by atoms with Gasteiger partial charge in [0.2, 0.25) is 0 Å². The molecule has 0 saturated carbocycles. The van der Waals surface area contributed by atoms with Crippen LogP contribution in [0.1, 0.15) is 10.5 Å². The maximum Gasteiger partial charge on any atom is 0.270 e. The molecule has 5 nitrogen and oxygen atoms in total. The Morgan fingerprint density at radius 3 is 2.94 bits per heavy atom. The Kier molecular flexibility index (Phi) is 2.53. The average Bonchev–Trinajstić information content (AvgIpc) is 2.87. The number of hydrogen-bond donors (Lipinski definition) is 1. The lowest BCUT2D eigenvalue weighted by molar-refractivity contribution is 0.0728. The minimum Gasteiger partial charge on any atom is -0.335 e. The van der Waals surface area contributed by atoms with E-state index < -0.39 is 0 Å². The highest BCUT2D eigenvalue weighted by Gasteiger charge is 2.19. The molecule has 1 amide bonds. The van der Waals surface area contributed by atoms with Gasteiger partial charge in [-0.05, 0) is 12.1 Å². The monoisotopic (exact) mass is 230 g/mol. The molecule has 1 N–H and O–H groups in total. The minimum atomic E-state index is 0.0788. The van der Waals surface area contributed by atoms with Gasteiger partial charge in [0.05, 0.1) is 0 Å². The number of imidazole rings is 1. The van der Waals surface area contributed by atoms with Gasteiger partial charge in [-0.2, -0.15) is 0 Å². The van der Waals surface area contributed by atoms with Crippen molar-refractivity contribution in [2.75, 3.05) is 26.2 Å². The van der Waals surface area contributed by atoms with Crippen LogP contribution in [-0.4, -0.2) is 46.4 Å². The van der Waals surface area contributed by atoms with E-state index in [4.69, 9.17) is 0 Å². The van der Waals surface area contributed by atoms with Crippen molar-refractivity contribution in [3.05, 3.63) is 36.3 Å². The molecule has 0 radical (unpaired) electrons. The number of carbonyl (C=O) groups excluding carboxylic acids is 1. The number of aromatic nitrogens is 2. The number of piperazine rings is 1. The zero-order valence-corrected chi connectivity index (χ0v) is 9.47. The van der Waals surface area contributed by atoms with Crippen LogP contribution in [0.3, 0.4) is 0 Å². The van der Waals surface area contributed by atoms with E-state index in [9.17, 15) is 4.79 Å². The maximum atomic E-state index is 12.4. The fourth-order valence-electron chi connectivity index (χ4n) is 2.15. The molecule has 0 aromatic carbocycles. The van der Waals surface area contributed by atoms with Gasteiger partial charge in [0, 0.05) is 38.6 Å². The predicted molar refractivity (Wildman–Crippen MR) is 64.0 cm³/mol. The summed E-state index contributed by atoms with van der Waals surface area (Å²) < 4.78 is 1.84. The molecule has 3 rings (SSSR count). The van der Waals surface area contributed by atoms with Crippen molar-refractivity contribution in [1.82, 2.24) is 19.6 Å². The largest absolute Gasteiger partial charge is 0.335 e. The number of nitrogens with one attached hydrogen (secondary N) is 1. The summed E-state index contributed by atoms with van der Waals surface area (Å²) in [6.45, 7) is 3.27. The van der Waals surface area contributed by atoms with Gasteiger partial charge >= 0.3 is 0 Å². The summed E-state index contributed by atoms with van der Waals surface area (Å²) in [5.74, 6) is 0.0788. The van der Waals surface area contributed by atoms with Crippen molar-refractivity contribution in [3.63, 3.8) is 0 Å². The summed E-state index contributed by atoms with van der Waals surface area (Å²) in [6, 6.07) is 5.62. The summed E-state index contributed by atoms with van der Waals surface area (Å²) in [6.07, 6.45) is 3.54. The molecular formula is C12H14N4O. The van der Waals surface area contributed by atoms with Crippen LogP contribution in [-0.2, 0) is 0 Å². The van der Waals surface area contributed by atoms with Crippen LogP contribution in [0.2, 0.25) is 0 Å². The zero-order valence-electron chi connectivity index (χ0n) is 9.47. The number of fused-ring (bicyclic) bond motifs is 1. The maximum absolute atomic E-state index is 12.4. The highest BCUT2D eigenvalue weighted by atomic mass is 16.2. The second-order valence-corrected chi connectivity index (χ2v) is 4.11. The van der Waals surface area contributed by atoms with Crippen molar-refractivity contribution in [2.24, 2.45) is 0 Å². The molecule has 5 heteroatoms. The minimum absolute atomic E-state index is 0.0788. The molecule has 0 bridgehead atoms. The zero-order chi connectivity index (χ0) is 11.7. The fourth-order valence-corrected chi connectivity index (χ4v) is 2.15. The third-order valence-corrected chi connectivity index (χ3v) is 3.05. The normalized spacial score (nSPS) is 16.4. The molecule has 0 atom stereocenters. The van der Waals surface area contributed by atoms with E-state index in [0.29, 0.717) is 5.69 Å². The van der Waals surface area contributed by atoms with E-state index >= 15 is 0 Å². The molecule has 2 aromatic heterocycles. The van der Waals surface area contributed by atoms with Crippen LogP contribution >= 0.6 is 0 Å². The topological polar surface area (TPSA) is 49.6 Å². The second-order valence-electron chi connectivity index (χ2n) is 4.11. The summed E-state index contributed by atoms with van der Waals surface area (Å²) in [4.78, 5) is 18.4. The number of carbonyl (C=O) groups is 1. The Morgan fingerprint density at radius 2 is 2.12 bits per heavy atom. The van der Waals surface area contributed by atoms with Crippen LogP contribution in [0.4, 0.5) is 0 Å². The molecular weight excluding hydrogens is 216 g/mol. The summed E-state index contributed by atoms with van der Waals surface area (Å²) in [5, 5.41) is 3.24. The highest BCUT2D eigenvalue weighted by molar-refractivity contribution is 5.93. The third-order valence-electron chi connectivity index (χ3n) is 3.05. The lowest BCUT2D eigenvalue weighted by Crippen LogP contribution is -2.46. The Hall–Kier alpha value is -1.88. The number of pyridine rings is 1. The lowest BCUT2D eigenvalue weighted by Gasteiger charge is -2.27. The molecule has 0 spiro atoms. The van der Waals surface area contributed by atoms with Gasteiger partial charge in [-0.15, -0.1) is 0 Å². The first kappa shape index (κ1) is 10.3. The first-order valence-electron chi connectivity index (χ1n) is 5.78. The van der Waals surface area contributed by atoms with Gasteiger partial charge in [0.1, 0.15) is 11.3 Å². The fraction of sp³-hybridized carbons (Fsp3) is 0.333. The molecule has 88 valence electrons. The van der Waals surface area contributed by atoms with Crippen molar-refractivity contribution in [1.29, 1.82) is 0 Å². The molecule has 0 unspecified atom stereocenters. The van der Waals surface area contributed by atoms with E-state index in [1.807, 2.05) is 33.7 Å². The van der Waals surface area contributed by atoms with Crippen LogP contribution in [0, 0.1) is 0 Å². The summed E-state index contributed by atoms with van der Waals surface area (Å²) >= 11 is 0. The molecule has 1 fully saturated rings. The molecule has 1 aliphatic heterocycles. The van der Waals surface area contributed by atoms with Gasteiger partial charge in [-0.1, -0.05) is 6.07 Å². The molecule has 1 saturated heterocycles. The van der Waals surface area contributed by atoms with Crippen molar-refractivity contribution < 1.29 is 4.79 Å². The second kappa shape index (κ2) is 4.18. The molecule has 2 aromatic rings. The average molecular weight is 230 g/mol. The molecule has 3 heterocycles. The Bertz CT molecular complexity index is 542. The van der Waals surface area contributed by atoms with E-state index in [1.54, 1.807) is 6.20 Å². The van der Waals surface area contributed by atoms with Crippen molar-refractivity contribution in [2.45, 2.75) is 0 Å². The van der Waals surface area contributed by atoms with E-state index in [-0.39, 0.29) is 5.91 Å². The van der Waals surface area contributed by atoms with E-state index in [0.717, 1.165) is 31.8 Å². The number of hydrogen-bond acceptors (Lipinski definition) is 3. The first-order valence-corrected chi connectivity index (χ1v) is 5.78. The van der Waals surface area contributed by atoms with Gasteiger partial charge in [0.25, 0.3) is 5.91 Å². The van der Waals surface area contributed by atoms with Crippen LogP contribution < -0.4 is 5.32 Å². The standard InChI is InChI=1S/C12H14N4O/c17-12(15-7-4-13-5-8-15)10-2-1-3-11-14-6-9-16(10)11/h1-3,6,9,13H,4-5,7-8H2. The van der Waals surface area contributed by atoms with Gasteiger partial charge in [-0.25, -0.2) is 4.98 Å². The highest BCUT2D eigenvalue weighted by Crippen LogP contribution is 2.09.